The minimum Gasteiger partial charge on any atom is -0.377 e. The first kappa shape index (κ1) is 15.9. The molecule has 1 aromatic rings. The molecular weight excluding hydrogens is 308 g/mol. The molecule has 1 atom stereocenters. The SMILES string of the molecule is Cc1n[nH]c(C)c1S(=O)(=O)N1CCO[C@@]2(CNCCOC2)C1. The minimum absolute atomic E-state index is 0.270. The van der Waals surface area contributed by atoms with Crippen molar-refractivity contribution in [3.8, 4) is 0 Å². The van der Waals surface area contributed by atoms with Crippen LogP contribution in [0.3, 0.4) is 0 Å². The number of hydrogen-bond acceptors (Lipinski definition) is 6. The van der Waals surface area contributed by atoms with Crippen molar-refractivity contribution in [2.75, 3.05) is 46.0 Å². The molecule has 3 rings (SSSR count). The van der Waals surface area contributed by atoms with Gasteiger partial charge < -0.3 is 14.8 Å². The van der Waals surface area contributed by atoms with Gasteiger partial charge in [0.1, 0.15) is 10.5 Å². The van der Waals surface area contributed by atoms with E-state index in [4.69, 9.17) is 9.47 Å². The second-order valence-electron chi connectivity index (χ2n) is 5.86. The van der Waals surface area contributed by atoms with Gasteiger partial charge >= 0.3 is 0 Å². The molecule has 0 aliphatic carbocycles. The van der Waals surface area contributed by atoms with Crippen molar-refractivity contribution in [2.45, 2.75) is 24.3 Å². The third-order valence-corrected chi connectivity index (χ3v) is 6.22. The molecular formula is C13H22N4O4S. The highest BCUT2D eigenvalue weighted by atomic mass is 32.2. The van der Waals surface area contributed by atoms with Crippen molar-refractivity contribution < 1.29 is 17.9 Å². The van der Waals surface area contributed by atoms with Gasteiger partial charge in [0.2, 0.25) is 10.0 Å². The number of sulfonamides is 1. The molecule has 0 bridgehead atoms. The maximum Gasteiger partial charge on any atom is 0.246 e. The van der Waals surface area contributed by atoms with Crippen LogP contribution in [0.25, 0.3) is 0 Å². The van der Waals surface area contributed by atoms with Crippen molar-refractivity contribution >= 4 is 10.0 Å². The Labute approximate surface area is 130 Å². The molecule has 22 heavy (non-hydrogen) atoms. The number of aromatic amines is 1. The van der Waals surface area contributed by atoms with Crippen LogP contribution in [0.2, 0.25) is 0 Å². The molecule has 3 heterocycles. The lowest BCUT2D eigenvalue weighted by Gasteiger charge is -2.41. The number of rotatable bonds is 2. The molecule has 1 spiro atoms. The Hall–Kier alpha value is -1.00. The first-order chi connectivity index (χ1) is 10.4. The summed E-state index contributed by atoms with van der Waals surface area (Å²) < 4.78 is 38.8. The average Bonchev–Trinajstić information content (AvgIpc) is 2.69. The van der Waals surface area contributed by atoms with Gasteiger partial charge in [0, 0.05) is 26.2 Å². The summed E-state index contributed by atoms with van der Waals surface area (Å²) in [5.41, 5.74) is 0.439. The monoisotopic (exact) mass is 330 g/mol. The molecule has 124 valence electrons. The average molecular weight is 330 g/mol. The van der Waals surface area contributed by atoms with Gasteiger partial charge in [0.05, 0.1) is 31.2 Å². The molecule has 2 N–H and O–H groups in total. The van der Waals surface area contributed by atoms with Crippen LogP contribution in [-0.4, -0.2) is 74.5 Å². The van der Waals surface area contributed by atoms with E-state index in [1.807, 2.05) is 0 Å². The minimum atomic E-state index is -3.59. The zero-order valence-electron chi connectivity index (χ0n) is 12.9. The van der Waals surface area contributed by atoms with E-state index < -0.39 is 15.6 Å². The summed E-state index contributed by atoms with van der Waals surface area (Å²) in [5, 5.41) is 9.98. The van der Waals surface area contributed by atoms with Gasteiger partial charge in [-0.05, 0) is 13.8 Å². The fourth-order valence-electron chi connectivity index (χ4n) is 3.03. The molecule has 2 saturated heterocycles. The molecule has 2 fully saturated rings. The molecule has 8 nitrogen and oxygen atoms in total. The largest absolute Gasteiger partial charge is 0.377 e. The van der Waals surface area contributed by atoms with Crippen LogP contribution in [-0.2, 0) is 19.5 Å². The number of aromatic nitrogens is 2. The first-order valence-corrected chi connectivity index (χ1v) is 8.83. The van der Waals surface area contributed by atoms with Crippen LogP contribution >= 0.6 is 0 Å². The highest BCUT2D eigenvalue weighted by Crippen LogP contribution is 2.27. The third-order valence-electron chi connectivity index (χ3n) is 4.11. The summed E-state index contributed by atoms with van der Waals surface area (Å²) in [6, 6.07) is 0. The van der Waals surface area contributed by atoms with Gasteiger partial charge in [-0.25, -0.2) is 8.42 Å². The lowest BCUT2D eigenvalue weighted by atomic mass is 10.0. The Balaban J connectivity index is 1.88. The van der Waals surface area contributed by atoms with Gasteiger partial charge in [-0.1, -0.05) is 0 Å². The van der Waals surface area contributed by atoms with Crippen molar-refractivity contribution in [3.63, 3.8) is 0 Å². The Morgan fingerprint density at radius 1 is 1.32 bits per heavy atom. The van der Waals surface area contributed by atoms with E-state index in [0.29, 0.717) is 44.3 Å². The fraction of sp³-hybridized carbons (Fsp3) is 0.769. The van der Waals surface area contributed by atoms with E-state index in [-0.39, 0.29) is 11.4 Å². The van der Waals surface area contributed by atoms with E-state index >= 15 is 0 Å². The Morgan fingerprint density at radius 3 is 2.86 bits per heavy atom. The van der Waals surface area contributed by atoms with Crippen LogP contribution < -0.4 is 5.32 Å². The van der Waals surface area contributed by atoms with E-state index in [2.05, 4.69) is 15.5 Å². The zero-order valence-corrected chi connectivity index (χ0v) is 13.7. The summed E-state index contributed by atoms with van der Waals surface area (Å²) in [7, 11) is -3.59. The zero-order chi connectivity index (χ0) is 15.8. The van der Waals surface area contributed by atoms with Crippen LogP contribution in [0, 0.1) is 13.8 Å². The maximum atomic E-state index is 13.0. The van der Waals surface area contributed by atoms with Crippen molar-refractivity contribution in [3.05, 3.63) is 11.4 Å². The van der Waals surface area contributed by atoms with E-state index in [0.717, 1.165) is 6.54 Å². The molecule has 0 radical (unpaired) electrons. The van der Waals surface area contributed by atoms with Gasteiger partial charge in [-0.15, -0.1) is 0 Å². The van der Waals surface area contributed by atoms with Gasteiger partial charge in [-0.3, -0.25) is 5.10 Å². The smallest absolute Gasteiger partial charge is 0.246 e. The van der Waals surface area contributed by atoms with Crippen LogP contribution in [0.4, 0.5) is 0 Å². The van der Waals surface area contributed by atoms with Crippen LogP contribution in [0.15, 0.2) is 4.90 Å². The lowest BCUT2D eigenvalue weighted by molar-refractivity contribution is -0.118. The molecule has 9 heteroatoms. The topological polar surface area (TPSA) is 96.6 Å². The molecule has 0 unspecified atom stereocenters. The summed E-state index contributed by atoms with van der Waals surface area (Å²) in [4.78, 5) is 0.270. The predicted molar refractivity (Wildman–Crippen MR) is 79.2 cm³/mol. The number of morpholine rings is 1. The third kappa shape index (κ3) is 2.79. The number of nitrogens with one attached hydrogen (secondary N) is 2. The van der Waals surface area contributed by atoms with Gasteiger partial charge in [-0.2, -0.15) is 9.40 Å². The number of ether oxygens (including phenoxy) is 2. The Bertz CT molecular complexity index is 615. The van der Waals surface area contributed by atoms with E-state index in [9.17, 15) is 8.42 Å². The summed E-state index contributed by atoms with van der Waals surface area (Å²) in [5.74, 6) is 0. The number of hydrogen-bond donors (Lipinski definition) is 2. The summed E-state index contributed by atoms with van der Waals surface area (Å²) >= 11 is 0. The number of H-pyrrole nitrogens is 1. The maximum absolute atomic E-state index is 13.0. The molecule has 2 aliphatic heterocycles. The van der Waals surface area contributed by atoms with E-state index in [1.165, 1.54) is 4.31 Å². The summed E-state index contributed by atoms with van der Waals surface area (Å²) in [6.45, 7) is 6.75. The van der Waals surface area contributed by atoms with Crippen LogP contribution in [0.5, 0.6) is 0 Å². The Morgan fingerprint density at radius 2 is 2.14 bits per heavy atom. The first-order valence-electron chi connectivity index (χ1n) is 7.39. The highest BCUT2D eigenvalue weighted by Gasteiger charge is 2.43. The molecule has 2 aliphatic rings. The van der Waals surface area contributed by atoms with Crippen molar-refractivity contribution in [2.24, 2.45) is 0 Å². The predicted octanol–water partition coefficient (Wildman–Crippen LogP) is -0.594. The number of nitrogens with zero attached hydrogens (tertiary/aromatic N) is 2. The molecule has 1 aromatic heterocycles. The Kier molecular flexibility index (Phi) is 4.25. The second-order valence-corrected chi connectivity index (χ2v) is 7.74. The normalized spacial score (nSPS) is 27.9. The highest BCUT2D eigenvalue weighted by molar-refractivity contribution is 7.89. The second kappa shape index (κ2) is 5.89. The van der Waals surface area contributed by atoms with Crippen LogP contribution in [0.1, 0.15) is 11.4 Å². The van der Waals surface area contributed by atoms with Crippen molar-refractivity contribution in [1.82, 2.24) is 19.8 Å². The summed E-state index contributed by atoms with van der Waals surface area (Å²) in [6.07, 6.45) is 0. The van der Waals surface area contributed by atoms with Gasteiger partial charge in [0.25, 0.3) is 0 Å². The van der Waals surface area contributed by atoms with Crippen molar-refractivity contribution in [1.29, 1.82) is 0 Å². The van der Waals surface area contributed by atoms with Gasteiger partial charge in [0.15, 0.2) is 0 Å². The molecule has 0 amide bonds. The quantitative estimate of drug-likeness (QED) is 0.752. The van der Waals surface area contributed by atoms with E-state index in [1.54, 1.807) is 13.8 Å². The molecule has 0 aromatic carbocycles. The fourth-order valence-corrected chi connectivity index (χ4v) is 4.86. The lowest BCUT2D eigenvalue weighted by Crippen LogP contribution is -2.59. The standard InChI is InChI=1S/C13H22N4O4S/c1-10-12(11(2)16-15-10)22(18,19)17-4-6-21-13(8-17)7-14-3-5-20-9-13/h14H,3-9H2,1-2H3,(H,15,16)/t13-/m0/s1. The molecule has 0 saturated carbocycles. The number of aryl methyl sites for hydroxylation is 2.